The van der Waals surface area contributed by atoms with Crippen LogP contribution < -0.4 is 10.1 Å². The highest BCUT2D eigenvalue weighted by Gasteiger charge is 2.04. The third-order valence-electron chi connectivity index (χ3n) is 2.99. The van der Waals surface area contributed by atoms with E-state index in [2.05, 4.69) is 53.0 Å². The maximum absolute atomic E-state index is 9.67. The first-order valence-electron chi connectivity index (χ1n) is 6.55. The Bertz CT molecular complexity index is 599. The predicted octanol–water partition coefficient (Wildman–Crippen LogP) is 4.32. The third kappa shape index (κ3) is 3.79. The molecule has 0 atom stereocenters. The van der Waals surface area contributed by atoms with Crippen LogP contribution in [0.1, 0.15) is 18.1 Å². The first kappa shape index (κ1) is 15.0. The van der Waals surface area contributed by atoms with Crippen molar-refractivity contribution in [2.24, 2.45) is 0 Å². The summed E-state index contributed by atoms with van der Waals surface area (Å²) in [7, 11) is 0. The summed E-state index contributed by atoms with van der Waals surface area (Å²) in [4.78, 5) is 0. The molecule has 0 amide bonds. The average Bonchev–Trinajstić information content (AvgIpc) is 2.43. The molecule has 2 rings (SSSR count). The number of ether oxygens (including phenoxy) is 1. The van der Waals surface area contributed by atoms with Crippen molar-refractivity contribution < 1.29 is 9.84 Å². The van der Waals surface area contributed by atoms with E-state index in [9.17, 15) is 5.11 Å². The molecule has 0 radical (unpaired) electrons. The summed E-state index contributed by atoms with van der Waals surface area (Å²) >= 11 is 2.33. The van der Waals surface area contributed by atoms with Crippen molar-refractivity contribution in [3.63, 3.8) is 0 Å². The highest BCUT2D eigenvalue weighted by Crippen LogP contribution is 2.27. The van der Waals surface area contributed by atoms with Crippen LogP contribution in [0.15, 0.2) is 36.4 Å². The van der Waals surface area contributed by atoms with Gasteiger partial charge in [-0.2, -0.15) is 0 Å². The van der Waals surface area contributed by atoms with Crippen molar-refractivity contribution >= 4 is 28.3 Å². The van der Waals surface area contributed by atoms with Gasteiger partial charge in [0.05, 0.1) is 6.61 Å². The van der Waals surface area contributed by atoms with Gasteiger partial charge in [0.2, 0.25) is 0 Å². The van der Waals surface area contributed by atoms with Gasteiger partial charge in [-0.1, -0.05) is 12.1 Å². The zero-order chi connectivity index (χ0) is 14.5. The second kappa shape index (κ2) is 6.83. The molecule has 0 saturated carbocycles. The molecule has 3 nitrogen and oxygen atoms in total. The molecule has 0 heterocycles. The third-order valence-corrected chi connectivity index (χ3v) is 4.15. The van der Waals surface area contributed by atoms with Gasteiger partial charge in [-0.25, -0.2) is 0 Å². The van der Waals surface area contributed by atoms with Gasteiger partial charge >= 0.3 is 0 Å². The van der Waals surface area contributed by atoms with E-state index in [1.165, 1.54) is 9.13 Å². The fourth-order valence-corrected chi connectivity index (χ4v) is 2.36. The lowest BCUT2D eigenvalue weighted by molar-refractivity contribution is 0.318. The summed E-state index contributed by atoms with van der Waals surface area (Å²) < 4.78 is 6.63. The van der Waals surface area contributed by atoms with Crippen LogP contribution in [0.5, 0.6) is 11.5 Å². The van der Waals surface area contributed by atoms with Crippen LogP contribution >= 0.6 is 22.6 Å². The van der Waals surface area contributed by atoms with E-state index in [0.717, 1.165) is 11.3 Å². The van der Waals surface area contributed by atoms with Gasteiger partial charge in [0.1, 0.15) is 0 Å². The maximum Gasteiger partial charge on any atom is 0.161 e. The molecule has 0 spiro atoms. The van der Waals surface area contributed by atoms with Crippen molar-refractivity contribution in [3.8, 4) is 11.5 Å². The van der Waals surface area contributed by atoms with Crippen molar-refractivity contribution in [3.05, 3.63) is 51.1 Å². The molecule has 0 fully saturated rings. The number of phenolic OH excluding ortho intramolecular Hbond substituents is 1. The molecular weight excluding hydrogens is 365 g/mol. The Morgan fingerprint density at radius 3 is 2.70 bits per heavy atom. The summed E-state index contributed by atoms with van der Waals surface area (Å²) in [6.07, 6.45) is 0. The van der Waals surface area contributed by atoms with Crippen molar-refractivity contribution in [1.82, 2.24) is 0 Å². The van der Waals surface area contributed by atoms with Gasteiger partial charge in [0.25, 0.3) is 0 Å². The topological polar surface area (TPSA) is 41.5 Å². The summed E-state index contributed by atoms with van der Waals surface area (Å²) in [5.41, 5.74) is 3.44. The van der Waals surface area contributed by atoms with E-state index in [1.54, 1.807) is 6.07 Å². The number of hydrogen-bond acceptors (Lipinski definition) is 3. The average molecular weight is 383 g/mol. The molecule has 106 valence electrons. The molecule has 0 saturated heterocycles. The first-order valence-corrected chi connectivity index (χ1v) is 7.62. The van der Waals surface area contributed by atoms with Gasteiger partial charge < -0.3 is 15.2 Å². The Hall–Kier alpha value is -1.43. The van der Waals surface area contributed by atoms with Crippen LogP contribution in [0.3, 0.4) is 0 Å². The van der Waals surface area contributed by atoms with E-state index < -0.39 is 0 Å². The van der Waals surface area contributed by atoms with Crippen molar-refractivity contribution in [2.45, 2.75) is 20.4 Å². The van der Waals surface area contributed by atoms with Crippen LogP contribution in [0.2, 0.25) is 0 Å². The molecular formula is C16H18INO2. The number of benzene rings is 2. The lowest BCUT2D eigenvalue weighted by atomic mass is 10.2. The van der Waals surface area contributed by atoms with Gasteiger partial charge in [-0.15, -0.1) is 0 Å². The predicted molar refractivity (Wildman–Crippen MR) is 90.5 cm³/mol. The second-order valence-corrected chi connectivity index (χ2v) is 5.71. The zero-order valence-corrected chi connectivity index (χ0v) is 13.8. The van der Waals surface area contributed by atoms with Crippen molar-refractivity contribution in [1.29, 1.82) is 0 Å². The Morgan fingerprint density at radius 2 is 2.00 bits per heavy atom. The quantitative estimate of drug-likeness (QED) is 0.756. The highest BCUT2D eigenvalue weighted by molar-refractivity contribution is 14.1. The minimum Gasteiger partial charge on any atom is -0.504 e. The normalized spacial score (nSPS) is 10.3. The van der Waals surface area contributed by atoms with Gasteiger partial charge in [-0.05, 0) is 71.8 Å². The Morgan fingerprint density at radius 1 is 1.20 bits per heavy atom. The fourth-order valence-electron chi connectivity index (χ4n) is 1.85. The Balaban J connectivity index is 2.06. The number of anilines is 1. The summed E-state index contributed by atoms with van der Waals surface area (Å²) in [5, 5.41) is 13.0. The summed E-state index contributed by atoms with van der Waals surface area (Å²) in [6.45, 7) is 5.23. The van der Waals surface area contributed by atoms with Crippen LogP contribution in [0.4, 0.5) is 5.69 Å². The molecule has 0 aliphatic carbocycles. The van der Waals surface area contributed by atoms with Crippen molar-refractivity contribution in [2.75, 3.05) is 11.9 Å². The largest absolute Gasteiger partial charge is 0.504 e. The Kier molecular flexibility index (Phi) is 5.11. The summed E-state index contributed by atoms with van der Waals surface area (Å²) in [5.74, 6) is 0.714. The van der Waals surface area contributed by atoms with Crippen LogP contribution in [-0.4, -0.2) is 11.7 Å². The molecule has 2 aromatic rings. The SMILES string of the molecule is CCOc1cc(CNc2ccc(C)c(I)c2)ccc1O. The highest BCUT2D eigenvalue weighted by atomic mass is 127. The lowest BCUT2D eigenvalue weighted by Crippen LogP contribution is -2.01. The van der Waals surface area contributed by atoms with Crippen LogP contribution in [-0.2, 0) is 6.54 Å². The minimum absolute atomic E-state index is 0.181. The molecule has 2 N–H and O–H groups in total. The fraction of sp³-hybridized carbons (Fsp3) is 0.250. The number of aryl methyl sites for hydroxylation is 1. The number of hydrogen-bond donors (Lipinski definition) is 2. The van der Waals surface area contributed by atoms with Crippen LogP contribution in [0.25, 0.3) is 0 Å². The molecule has 4 heteroatoms. The van der Waals surface area contributed by atoms with E-state index in [4.69, 9.17) is 4.74 Å². The van der Waals surface area contributed by atoms with E-state index in [1.807, 2.05) is 19.1 Å². The smallest absolute Gasteiger partial charge is 0.161 e. The number of nitrogens with one attached hydrogen (secondary N) is 1. The molecule has 20 heavy (non-hydrogen) atoms. The standard InChI is InChI=1S/C16H18INO2/c1-3-20-16-8-12(5-7-15(16)19)10-18-13-6-4-11(2)14(17)9-13/h4-9,18-19H,3,10H2,1-2H3. The number of phenols is 1. The number of rotatable bonds is 5. The second-order valence-electron chi connectivity index (χ2n) is 4.55. The molecule has 0 unspecified atom stereocenters. The van der Waals surface area contributed by atoms with Gasteiger partial charge in [-0.3, -0.25) is 0 Å². The Labute approximate surface area is 133 Å². The zero-order valence-electron chi connectivity index (χ0n) is 11.6. The monoisotopic (exact) mass is 383 g/mol. The van der Waals surface area contributed by atoms with Gasteiger partial charge in [0.15, 0.2) is 11.5 Å². The molecule has 0 bridgehead atoms. The lowest BCUT2D eigenvalue weighted by Gasteiger charge is -2.11. The summed E-state index contributed by atoms with van der Waals surface area (Å²) in [6, 6.07) is 11.7. The molecule has 2 aromatic carbocycles. The van der Waals surface area contributed by atoms with Crippen LogP contribution in [0, 0.1) is 10.5 Å². The van der Waals surface area contributed by atoms with E-state index in [0.29, 0.717) is 18.9 Å². The number of halogens is 1. The molecule has 0 aromatic heterocycles. The first-order chi connectivity index (χ1) is 9.60. The molecule has 0 aliphatic rings. The molecule has 0 aliphatic heterocycles. The minimum atomic E-state index is 0.181. The van der Waals surface area contributed by atoms with E-state index >= 15 is 0 Å². The van der Waals surface area contributed by atoms with Gasteiger partial charge in [0, 0.05) is 15.8 Å². The van der Waals surface area contributed by atoms with E-state index in [-0.39, 0.29) is 5.75 Å². The number of aromatic hydroxyl groups is 1. The maximum atomic E-state index is 9.67.